The van der Waals surface area contributed by atoms with Gasteiger partial charge in [-0.15, -0.1) is 0 Å². The number of rotatable bonds is 2. The highest BCUT2D eigenvalue weighted by atomic mass is 79.9. The Balaban J connectivity index is 0.000000924. The molecular weight excluding hydrogens is 372 g/mol. The summed E-state index contributed by atoms with van der Waals surface area (Å²) in [7, 11) is 0. The molecule has 1 aliphatic rings. The van der Waals surface area contributed by atoms with Crippen LogP contribution in [-0.2, 0) is 0 Å². The van der Waals surface area contributed by atoms with Crippen molar-refractivity contribution in [3.63, 3.8) is 0 Å². The molecule has 0 spiro atoms. The van der Waals surface area contributed by atoms with Crippen LogP contribution in [-0.4, -0.2) is 9.81 Å². The Morgan fingerprint density at radius 2 is 1.91 bits per heavy atom. The van der Waals surface area contributed by atoms with Crippen LogP contribution in [0.15, 0.2) is 61.1 Å². The molecule has 0 bridgehead atoms. The zero-order valence-electron chi connectivity index (χ0n) is 13.3. The van der Waals surface area contributed by atoms with Crippen molar-refractivity contribution in [1.29, 1.82) is 0 Å². The average molecular weight is 392 g/mol. The lowest BCUT2D eigenvalue weighted by Gasteiger charge is -2.28. The third-order valence-electron chi connectivity index (χ3n) is 3.51. The van der Waals surface area contributed by atoms with Crippen molar-refractivity contribution < 1.29 is 0 Å². The summed E-state index contributed by atoms with van der Waals surface area (Å²) >= 11 is 9.98. The summed E-state index contributed by atoms with van der Waals surface area (Å²) in [6.45, 7) is 8.08. The Morgan fingerprint density at radius 1 is 1.22 bits per heavy atom. The summed E-state index contributed by atoms with van der Waals surface area (Å²) < 4.78 is 0. The van der Waals surface area contributed by atoms with Gasteiger partial charge >= 0.3 is 0 Å². The highest BCUT2D eigenvalue weighted by Crippen LogP contribution is 2.38. The molecule has 2 nitrogen and oxygen atoms in total. The van der Waals surface area contributed by atoms with Crippen molar-refractivity contribution >= 4 is 38.8 Å². The topological polar surface area (TPSA) is 24.9 Å². The van der Waals surface area contributed by atoms with E-state index in [1.807, 2.05) is 38.1 Å². The molecule has 4 heteroatoms. The molecule has 3 rings (SSSR count). The number of nitrogens with zero attached hydrogens (tertiary/aromatic N) is 1. The van der Waals surface area contributed by atoms with Gasteiger partial charge in [-0.25, -0.2) is 0 Å². The van der Waals surface area contributed by atoms with Crippen LogP contribution in [0.1, 0.15) is 31.4 Å². The summed E-state index contributed by atoms with van der Waals surface area (Å²) in [4.78, 5) is 4.26. The predicted octanol–water partition coefficient (Wildman–Crippen LogP) is 5.90. The van der Waals surface area contributed by atoms with E-state index in [4.69, 9.17) is 11.6 Å². The molecular formula is C19H20BrClN2. The first-order valence-corrected chi connectivity index (χ1v) is 8.94. The Kier molecular flexibility index (Phi) is 6.43. The minimum atomic E-state index is 0.206. The summed E-state index contributed by atoms with van der Waals surface area (Å²) in [5, 5.41) is 4.03. The monoisotopic (exact) mass is 390 g/mol. The fourth-order valence-electron chi connectivity index (χ4n) is 2.43. The number of benzene rings is 1. The second-order valence-electron chi connectivity index (χ2n) is 4.90. The van der Waals surface area contributed by atoms with Gasteiger partial charge in [-0.2, -0.15) is 0 Å². The Hall–Kier alpha value is -1.58. The zero-order chi connectivity index (χ0) is 16.8. The number of pyridine rings is 1. The zero-order valence-corrected chi connectivity index (χ0v) is 15.7. The van der Waals surface area contributed by atoms with Gasteiger partial charge in [0.2, 0.25) is 0 Å². The number of aromatic nitrogens is 1. The molecule has 2 heterocycles. The molecule has 2 aromatic rings. The Morgan fingerprint density at radius 3 is 2.57 bits per heavy atom. The molecule has 1 unspecified atom stereocenters. The van der Waals surface area contributed by atoms with E-state index in [2.05, 4.69) is 44.9 Å². The van der Waals surface area contributed by atoms with Crippen LogP contribution in [0, 0.1) is 0 Å². The van der Waals surface area contributed by atoms with Crippen LogP contribution in [0.2, 0.25) is 5.02 Å². The molecule has 0 saturated heterocycles. The number of hydrogen-bond donors (Lipinski definition) is 1. The number of allylic oxidation sites excluding steroid dienone is 2. The van der Waals surface area contributed by atoms with Gasteiger partial charge in [0.25, 0.3) is 0 Å². The smallest absolute Gasteiger partial charge is 0.0682 e. The first-order valence-electron chi connectivity index (χ1n) is 7.65. The van der Waals surface area contributed by atoms with Gasteiger partial charge in [0.05, 0.1) is 15.5 Å². The predicted molar refractivity (Wildman–Crippen MR) is 103 cm³/mol. The molecule has 1 aromatic carbocycles. The van der Waals surface area contributed by atoms with E-state index in [1.165, 1.54) is 11.1 Å². The maximum atomic E-state index is 6.32. The van der Waals surface area contributed by atoms with E-state index in [0.29, 0.717) is 5.02 Å². The molecule has 0 saturated carbocycles. The minimum absolute atomic E-state index is 0.206. The van der Waals surface area contributed by atoms with Crippen molar-refractivity contribution in [2.75, 3.05) is 0 Å². The first-order chi connectivity index (χ1) is 11.2. The van der Waals surface area contributed by atoms with Crippen LogP contribution in [0.25, 0.3) is 11.3 Å². The van der Waals surface area contributed by atoms with Gasteiger partial charge in [-0.05, 0) is 23.6 Å². The van der Waals surface area contributed by atoms with E-state index in [9.17, 15) is 0 Å². The molecule has 0 fully saturated rings. The average Bonchev–Trinajstić information content (AvgIpc) is 2.60. The largest absolute Gasteiger partial charge is 0.358 e. The summed E-state index contributed by atoms with van der Waals surface area (Å²) in [6.07, 6.45) is 4.28. The number of nitrogens with one attached hydrogen (secondary N) is 1. The third-order valence-corrected chi connectivity index (χ3v) is 4.69. The van der Waals surface area contributed by atoms with Gasteiger partial charge in [0, 0.05) is 23.7 Å². The molecule has 1 aromatic heterocycles. The van der Waals surface area contributed by atoms with Gasteiger partial charge in [0.15, 0.2) is 0 Å². The molecule has 1 atom stereocenters. The maximum absolute atomic E-state index is 6.32. The lowest BCUT2D eigenvalue weighted by Crippen LogP contribution is -2.25. The SMILES string of the molecule is C=C1NC(c2ccncc2Cl)=C(c2ccccc2)CC1Br.CC. The van der Waals surface area contributed by atoms with Gasteiger partial charge in [-0.3, -0.25) is 4.98 Å². The summed E-state index contributed by atoms with van der Waals surface area (Å²) in [5.74, 6) is 0. The van der Waals surface area contributed by atoms with E-state index in [1.54, 1.807) is 12.4 Å². The van der Waals surface area contributed by atoms with Gasteiger partial charge in [0.1, 0.15) is 0 Å². The molecule has 0 aliphatic carbocycles. The van der Waals surface area contributed by atoms with Crippen LogP contribution >= 0.6 is 27.5 Å². The Labute approximate surface area is 151 Å². The van der Waals surface area contributed by atoms with Crippen LogP contribution < -0.4 is 5.32 Å². The summed E-state index contributed by atoms with van der Waals surface area (Å²) in [6, 6.07) is 12.3. The second kappa shape index (κ2) is 8.32. The molecule has 1 aliphatic heterocycles. The first kappa shape index (κ1) is 17.8. The minimum Gasteiger partial charge on any atom is -0.358 e. The van der Waals surface area contributed by atoms with E-state index < -0.39 is 0 Å². The second-order valence-corrected chi connectivity index (χ2v) is 6.41. The van der Waals surface area contributed by atoms with E-state index >= 15 is 0 Å². The summed E-state index contributed by atoms with van der Waals surface area (Å²) in [5.41, 5.74) is 5.31. The lowest BCUT2D eigenvalue weighted by atomic mass is 9.92. The highest BCUT2D eigenvalue weighted by Gasteiger charge is 2.24. The number of hydrogen-bond acceptors (Lipinski definition) is 2. The van der Waals surface area contributed by atoms with Crippen LogP contribution in [0.4, 0.5) is 0 Å². The Bertz CT molecular complexity index is 710. The molecule has 0 radical (unpaired) electrons. The fourth-order valence-corrected chi connectivity index (χ4v) is 3.08. The molecule has 0 amide bonds. The van der Waals surface area contributed by atoms with Gasteiger partial charge in [-0.1, -0.05) is 78.3 Å². The molecule has 120 valence electrons. The standard InChI is InChI=1S/C17H14BrClN2.C2H6/c1-11-15(18)9-14(12-5-3-2-4-6-12)17(21-11)13-7-8-20-10-16(13)19;1-2/h2-8,10,15,21H,1,9H2;1-2H3. The fraction of sp³-hybridized carbons (Fsp3) is 0.211. The van der Waals surface area contributed by atoms with E-state index in [0.717, 1.165) is 23.4 Å². The van der Waals surface area contributed by atoms with Crippen LogP contribution in [0.3, 0.4) is 0 Å². The maximum Gasteiger partial charge on any atom is 0.0682 e. The van der Waals surface area contributed by atoms with Crippen molar-refractivity contribution in [2.24, 2.45) is 0 Å². The highest BCUT2D eigenvalue weighted by molar-refractivity contribution is 9.09. The normalized spacial score (nSPS) is 17.2. The van der Waals surface area contributed by atoms with Crippen molar-refractivity contribution in [3.05, 3.63) is 77.2 Å². The lowest BCUT2D eigenvalue weighted by molar-refractivity contribution is 0.901. The molecule has 23 heavy (non-hydrogen) atoms. The number of halogens is 2. The quantitative estimate of drug-likeness (QED) is 0.645. The number of alkyl halides is 1. The van der Waals surface area contributed by atoms with E-state index in [-0.39, 0.29) is 4.83 Å². The van der Waals surface area contributed by atoms with Crippen molar-refractivity contribution in [3.8, 4) is 0 Å². The van der Waals surface area contributed by atoms with Crippen molar-refractivity contribution in [2.45, 2.75) is 25.1 Å². The van der Waals surface area contributed by atoms with Gasteiger partial charge < -0.3 is 5.32 Å². The van der Waals surface area contributed by atoms with Crippen LogP contribution in [0.5, 0.6) is 0 Å². The van der Waals surface area contributed by atoms with Crippen molar-refractivity contribution in [1.82, 2.24) is 10.3 Å². The molecule has 1 N–H and O–H groups in total. The third kappa shape index (κ3) is 4.04.